The van der Waals surface area contributed by atoms with Gasteiger partial charge in [0.1, 0.15) is 6.42 Å². The van der Waals surface area contributed by atoms with E-state index in [4.69, 9.17) is 18.9 Å². The summed E-state index contributed by atoms with van der Waals surface area (Å²) in [6.07, 6.45) is -0.348. The van der Waals surface area contributed by atoms with Gasteiger partial charge in [0.15, 0.2) is 17.3 Å². The van der Waals surface area contributed by atoms with Gasteiger partial charge in [-0.25, -0.2) is 0 Å². The van der Waals surface area contributed by atoms with Gasteiger partial charge in [-0.3, -0.25) is 9.59 Å². The van der Waals surface area contributed by atoms with Crippen molar-refractivity contribution in [2.24, 2.45) is 0 Å². The number of ether oxygens (including phenoxy) is 4. The molecule has 1 aromatic rings. The highest BCUT2D eigenvalue weighted by Crippen LogP contribution is 2.40. The van der Waals surface area contributed by atoms with Crippen LogP contribution in [0.3, 0.4) is 0 Å². The Bertz CT molecular complexity index is 495. The van der Waals surface area contributed by atoms with Crippen molar-refractivity contribution in [3.63, 3.8) is 0 Å². The maximum Gasteiger partial charge on any atom is 0.313 e. The maximum absolute atomic E-state index is 12.1. The fraction of sp³-hybridized carbons (Fsp3) is 0.429. The number of hydrogen-bond donors (Lipinski definition) is 0. The summed E-state index contributed by atoms with van der Waals surface area (Å²) in [7, 11) is 4.34. The summed E-state index contributed by atoms with van der Waals surface area (Å²) >= 11 is 0. The molecule has 0 N–H and O–H groups in total. The Balaban J connectivity index is 3.11. The third kappa shape index (κ3) is 3.40. The van der Waals surface area contributed by atoms with Crippen LogP contribution in [0.4, 0.5) is 0 Å². The zero-order valence-corrected chi connectivity index (χ0v) is 12.0. The van der Waals surface area contributed by atoms with E-state index in [9.17, 15) is 9.59 Å². The standard InChI is InChI=1S/C14H18O6/c1-5-20-12(16)8-10(15)9-6-7-11(17-2)14(19-4)13(9)18-3/h6-7H,5,8H2,1-4H3. The predicted octanol–water partition coefficient (Wildman–Crippen LogP) is 1.85. The van der Waals surface area contributed by atoms with Gasteiger partial charge in [0.05, 0.1) is 33.5 Å². The van der Waals surface area contributed by atoms with E-state index in [1.54, 1.807) is 13.0 Å². The normalized spacial score (nSPS) is 9.80. The maximum atomic E-state index is 12.1. The van der Waals surface area contributed by atoms with Crippen LogP contribution in [0, 0.1) is 0 Å². The van der Waals surface area contributed by atoms with Crippen LogP contribution in [0.5, 0.6) is 17.2 Å². The third-order valence-electron chi connectivity index (χ3n) is 2.61. The number of carbonyl (C=O) groups is 2. The average molecular weight is 282 g/mol. The summed E-state index contributed by atoms with van der Waals surface area (Å²) in [5.41, 5.74) is 0.248. The number of methoxy groups -OCH3 is 3. The summed E-state index contributed by atoms with van der Waals surface area (Å²) in [4.78, 5) is 23.5. The van der Waals surface area contributed by atoms with E-state index >= 15 is 0 Å². The summed E-state index contributed by atoms with van der Waals surface area (Å²) in [5, 5.41) is 0. The molecule has 0 aliphatic rings. The molecule has 0 saturated carbocycles. The predicted molar refractivity (Wildman–Crippen MR) is 71.7 cm³/mol. The number of carbonyl (C=O) groups excluding carboxylic acids is 2. The van der Waals surface area contributed by atoms with E-state index in [0.717, 1.165) is 0 Å². The lowest BCUT2D eigenvalue weighted by Crippen LogP contribution is -2.12. The molecule has 1 aromatic carbocycles. The number of esters is 1. The molecular weight excluding hydrogens is 264 g/mol. The molecule has 0 atom stereocenters. The molecule has 0 radical (unpaired) electrons. The average Bonchev–Trinajstić information content (AvgIpc) is 2.45. The quantitative estimate of drug-likeness (QED) is 0.432. The highest BCUT2D eigenvalue weighted by Gasteiger charge is 2.22. The van der Waals surface area contributed by atoms with Crippen molar-refractivity contribution in [1.82, 2.24) is 0 Å². The van der Waals surface area contributed by atoms with E-state index in [1.807, 2.05) is 0 Å². The first-order valence-electron chi connectivity index (χ1n) is 6.06. The van der Waals surface area contributed by atoms with Crippen LogP contribution in [0.25, 0.3) is 0 Å². The molecule has 20 heavy (non-hydrogen) atoms. The van der Waals surface area contributed by atoms with Crippen molar-refractivity contribution in [1.29, 1.82) is 0 Å². The van der Waals surface area contributed by atoms with Gasteiger partial charge < -0.3 is 18.9 Å². The second-order valence-electron chi connectivity index (χ2n) is 3.79. The Hall–Kier alpha value is -2.24. The first kappa shape index (κ1) is 15.8. The fourth-order valence-electron chi connectivity index (χ4n) is 1.76. The molecule has 0 bridgehead atoms. The lowest BCUT2D eigenvalue weighted by Gasteiger charge is -2.14. The molecule has 0 spiro atoms. The lowest BCUT2D eigenvalue weighted by atomic mass is 10.1. The van der Waals surface area contributed by atoms with Crippen LogP contribution in [0.2, 0.25) is 0 Å². The molecular formula is C14H18O6. The van der Waals surface area contributed by atoms with Gasteiger partial charge in [-0.1, -0.05) is 0 Å². The summed E-state index contributed by atoms with van der Waals surface area (Å²) in [6, 6.07) is 3.11. The van der Waals surface area contributed by atoms with Crippen LogP contribution >= 0.6 is 0 Å². The number of ketones is 1. The first-order chi connectivity index (χ1) is 9.58. The van der Waals surface area contributed by atoms with E-state index in [-0.39, 0.29) is 24.3 Å². The highest BCUT2D eigenvalue weighted by molar-refractivity contribution is 6.08. The number of Topliss-reactive ketones (excluding diaryl/α,β-unsaturated/α-hetero) is 1. The number of benzene rings is 1. The zero-order valence-electron chi connectivity index (χ0n) is 12.0. The van der Waals surface area contributed by atoms with E-state index in [0.29, 0.717) is 11.5 Å². The molecule has 0 amide bonds. The zero-order chi connectivity index (χ0) is 15.1. The van der Waals surface area contributed by atoms with E-state index in [2.05, 4.69) is 0 Å². The van der Waals surface area contributed by atoms with E-state index < -0.39 is 11.8 Å². The van der Waals surface area contributed by atoms with Crippen molar-refractivity contribution in [3.05, 3.63) is 17.7 Å². The van der Waals surface area contributed by atoms with Crippen molar-refractivity contribution >= 4 is 11.8 Å². The Labute approximate surface area is 117 Å². The van der Waals surface area contributed by atoms with Gasteiger partial charge in [0.25, 0.3) is 0 Å². The molecule has 0 aliphatic carbocycles. The van der Waals surface area contributed by atoms with Crippen molar-refractivity contribution in [2.45, 2.75) is 13.3 Å². The van der Waals surface area contributed by atoms with Gasteiger partial charge in [-0.05, 0) is 19.1 Å². The molecule has 0 fully saturated rings. The topological polar surface area (TPSA) is 71.1 Å². The minimum atomic E-state index is -0.575. The molecule has 110 valence electrons. The van der Waals surface area contributed by atoms with Crippen LogP contribution in [-0.2, 0) is 9.53 Å². The van der Waals surface area contributed by atoms with Crippen LogP contribution in [-0.4, -0.2) is 39.7 Å². The first-order valence-corrected chi connectivity index (χ1v) is 6.06. The third-order valence-corrected chi connectivity index (χ3v) is 2.61. The molecule has 6 nitrogen and oxygen atoms in total. The molecule has 0 aromatic heterocycles. The van der Waals surface area contributed by atoms with Crippen molar-refractivity contribution < 1.29 is 28.5 Å². The smallest absolute Gasteiger partial charge is 0.313 e. The Kier molecular flexibility index (Phi) is 5.83. The van der Waals surface area contributed by atoms with Crippen LogP contribution in [0.1, 0.15) is 23.7 Å². The Morgan fingerprint density at radius 2 is 1.65 bits per heavy atom. The van der Waals surface area contributed by atoms with E-state index in [1.165, 1.54) is 27.4 Å². The van der Waals surface area contributed by atoms with Gasteiger partial charge in [0.2, 0.25) is 5.75 Å². The Morgan fingerprint density at radius 3 is 2.15 bits per heavy atom. The molecule has 1 rings (SSSR count). The minimum absolute atomic E-state index is 0.231. The summed E-state index contributed by atoms with van der Waals surface area (Å²) in [6.45, 7) is 1.91. The molecule has 0 saturated heterocycles. The van der Waals surface area contributed by atoms with Crippen LogP contribution < -0.4 is 14.2 Å². The highest BCUT2D eigenvalue weighted by atomic mass is 16.5. The second-order valence-corrected chi connectivity index (χ2v) is 3.79. The number of hydrogen-bond acceptors (Lipinski definition) is 6. The molecule has 0 aliphatic heterocycles. The molecule has 0 unspecified atom stereocenters. The van der Waals surface area contributed by atoms with Gasteiger partial charge in [-0.2, -0.15) is 0 Å². The van der Waals surface area contributed by atoms with Gasteiger partial charge >= 0.3 is 5.97 Å². The minimum Gasteiger partial charge on any atom is -0.493 e. The van der Waals surface area contributed by atoms with Crippen LogP contribution in [0.15, 0.2) is 12.1 Å². The largest absolute Gasteiger partial charge is 0.493 e. The summed E-state index contributed by atoms with van der Waals surface area (Å²) < 4.78 is 20.3. The SMILES string of the molecule is CCOC(=O)CC(=O)c1ccc(OC)c(OC)c1OC. The van der Waals surface area contributed by atoms with Gasteiger partial charge in [0, 0.05) is 0 Å². The van der Waals surface area contributed by atoms with Gasteiger partial charge in [-0.15, -0.1) is 0 Å². The summed E-state index contributed by atoms with van der Waals surface area (Å²) in [5.74, 6) is 0.0125. The molecule has 6 heteroatoms. The Morgan fingerprint density at radius 1 is 1.00 bits per heavy atom. The lowest BCUT2D eigenvalue weighted by molar-refractivity contribution is -0.141. The van der Waals surface area contributed by atoms with Crippen molar-refractivity contribution in [3.8, 4) is 17.2 Å². The fourth-order valence-corrected chi connectivity index (χ4v) is 1.76. The molecule has 0 heterocycles. The number of rotatable bonds is 7. The van der Waals surface area contributed by atoms with Crippen molar-refractivity contribution in [2.75, 3.05) is 27.9 Å². The second kappa shape index (κ2) is 7.37. The monoisotopic (exact) mass is 282 g/mol.